The van der Waals surface area contributed by atoms with Gasteiger partial charge >= 0.3 is 0 Å². The Kier molecular flexibility index (Phi) is 7.26. The predicted molar refractivity (Wildman–Crippen MR) is 118 cm³/mol. The lowest BCUT2D eigenvalue weighted by atomic mass is 9.88. The van der Waals surface area contributed by atoms with Crippen LogP contribution in [-0.2, 0) is 9.59 Å². The molecule has 0 aromatic heterocycles. The highest BCUT2D eigenvalue weighted by atomic mass is 16.5. The van der Waals surface area contributed by atoms with Crippen LogP contribution < -0.4 is 15.0 Å². The molecule has 164 valence electrons. The Labute approximate surface area is 179 Å². The topological polar surface area (TPSA) is 61.9 Å². The third kappa shape index (κ3) is 5.54. The van der Waals surface area contributed by atoms with Gasteiger partial charge in [-0.1, -0.05) is 31.4 Å². The average molecular weight is 414 g/mol. The number of piperidine rings is 1. The highest BCUT2D eigenvalue weighted by Gasteiger charge is 2.26. The molecule has 1 aliphatic carbocycles. The number of benzene rings is 1. The van der Waals surface area contributed by atoms with E-state index in [-0.39, 0.29) is 30.7 Å². The van der Waals surface area contributed by atoms with E-state index in [1.807, 2.05) is 24.3 Å². The van der Waals surface area contributed by atoms with Crippen LogP contribution in [0, 0.1) is 5.92 Å². The number of amides is 2. The van der Waals surface area contributed by atoms with Gasteiger partial charge in [0.1, 0.15) is 12.4 Å². The normalized spacial score (nSPS) is 21.0. The number of likely N-dealkylation sites (tertiary alicyclic amines) is 1. The number of nitrogens with zero attached hydrogens (tertiary/aromatic N) is 2. The Morgan fingerprint density at radius 1 is 0.967 bits per heavy atom. The van der Waals surface area contributed by atoms with Gasteiger partial charge in [0.15, 0.2) is 0 Å². The summed E-state index contributed by atoms with van der Waals surface area (Å²) in [5.74, 6) is 1.60. The summed E-state index contributed by atoms with van der Waals surface area (Å²) in [7, 11) is 0. The lowest BCUT2D eigenvalue weighted by Crippen LogP contribution is -2.46. The lowest BCUT2D eigenvalue weighted by Gasteiger charge is -2.35. The molecule has 30 heavy (non-hydrogen) atoms. The molecule has 6 heteroatoms. The van der Waals surface area contributed by atoms with Crippen LogP contribution in [0.4, 0.5) is 5.69 Å². The highest BCUT2D eigenvalue weighted by Crippen LogP contribution is 2.31. The van der Waals surface area contributed by atoms with Crippen LogP contribution in [0.5, 0.6) is 5.75 Å². The number of fused-ring (bicyclic) bond motifs is 1. The molecule has 0 atom stereocenters. The molecular formula is C24H35N3O3. The summed E-state index contributed by atoms with van der Waals surface area (Å²) in [6.07, 6.45) is 9.49. The molecule has 1 N–H and O–H groups in total. The first-order valence-corrected chi connectivity index (χ1v) is 11.7. The molecule has 2 fully saturated rings. The molecule has 1 saturated heterocycles. The van der Waals surface area contributed by atoms with E-state index in [4.69, 9.17) is 4.74 Å². The summed E-state index contributed by atoms with van der Waals surface area (Å²) in [5.41, 5.74) is 0.805. The van der Waals surface area contributed by atoms with Crippen LogP contribution in [0.1, 0.15) is 57.8 Å². The summed E-state index contributed by atoms with van der Waals surface area (Å²) < 4.78 is 5.61. The summed E-state index contributed by atoms with van der Waals surface area (Å²) in [5, 5.41) is 3.16. The first-order chi connectivity index (χ1) is 14.7. The molecular weight excluding hydrogens is 378 g/mol. The van der Waals surface area contributed by atoms with Gasteiger partial charge < -0.3 is 19.9 Å². The number of rotatable bonds is 6. The van der Waals surface area contributed by atoms with Gasteiger partial charge in [0, 0.05) is 38.5 Å². The van der Waals surface area contributed by atoms with Crippen molar-refractivity contribution in [2.45, 2.75) is 63.8 Å². The molecule has 6 nitrogen and oxygen atoms in total. The van der Waals surface area contributed by atoms with Crippen LogP contribution in [-0.4, -0.2) is 55.5 Å². The van der Waals surface area contributed by atoms with Crippen molar-refractivity contribution in [2.24, 2.45) is 5.92 Å². The predicted octanol–water partition coefficient (Wildman–Crippen LogP) is 3.35. The van der Waals surface area contributed by atoms with Gasteiger partial charge in [0.25, 0.3) is 0 Å². The van der Waals surface area contributed by atoms with Crippen LogP contribution in [0.2, 0.25) is 0 Å². The number of ether oxygens (including phenoxy) is 1. The molecule has 1 aromatic rings. The van der Waals surface area contributed by atoms with E-state index in [0.29, 0.717) is 13.2 Å². The number of anilines is 1. The maximum Gasteiger partial charge on any atom is 0.227 e. The molecule has 0 radical (unpaired) electrons. The van der Waals surface area contributed by atoms with Crippen LogP contribution in [0.15, 0.2) is 24.3 Å². The van der Waals surface area contributed by atoms with Gasteiger partial charge in [-0.3, -0.25) is 9.59 Å². The van der Waals surface area contributed by atoms with Gasteiger partial charge in [-0.25, -0.2) is 0 Å². The molecule has 2 aliphatic heterocycles. The third-order valence-corrected chi connectivity index (χ3v) is 6.79. The zero-order valence-electron chi connectivity index (χ0n) is 18.0. The Bertz CT molecular complexity index is 724. The molecule has 3 aliphatic rings. The van der Waals surface area contributed by atoms with Crippen molar-refractivity contribution < 1.29 is 14.3 Å². The Morgan fingerprint density at radius 2 is 1.73 bits per heavy atom. The third-order valence-electron chi connectivity index (χ3n) is 6.79. The zero-order valence-corrected chi connectivity index (χ0v) is 18.0. The van der Waals surface area contributed by atoms with Crippen molar-refractivity contribution in [3.8, 4) is 5.75 Å². The Morgan fingerprint density at radius 3 is 2.53 bits per heavy atom. The van der Waals surface area contributed by atoms with Gasteiger partial charge in [-0.05, 0) is 43.7 Å². The molecule has 4 rings (SSSR count). The molecule has 0 unspecified atom stereocenters. The van der Waals surface area contributed by atoms with Crippen molar-refractivity contribution in [1.29, 1.82) is 0 Å². The summed E-state index contributed by atoms with van der Waals surface area (Å²) >= 11 is 0. The van der Waals surface area contributed by atoms with Crippen molar-refractivity contribution >= 4 is 17.5 Å². The number of para-hydroxylation sites is 2. The maximum absolute atomic E-state index is 12.7. The van der Waals surface area contributed by atoms with Crippen LogP contribution in [0.3, 0.4) is 0 Å². The second-order valence-electron chi connectivity index (χ2n) is 9.01. The van der Waals surface area contributed by atoms with E-state index in [1.165, 1.54) is 38.6 Å². The standard InChI is InChI=1S/C24H35N3O3/c28-23(10-11-24(29)27-16-17-30-22-9-5-4-8-21(22)27)25-20-12-14-26(15-13-20)18-19-6-2-1-3-7-19/h4-5,8-9,19-20H,1-3,6-7,10-18H2,(H,25,28). The minimum absolute atomic E-state index is 0.00405. The summed E-state index contributed by atoms with van der Waals surface area (Å²) in [6, 6.07) is 7.83. The number of carbonyl (C=O) groups excluding carboxylic acids is 2. The van der Waals surface area contributed by atoms with Gasteiger partial charge in [-0.15, -0.1) is 0 Å². The van der Waals surface area contributed by atoms with Crippen LogP contribution >= 0.6 is 0 Å². The monoisotopic (exact) mass is 413 g/mol. The number of hydrogen-bond donors (Lipinski definition) is 1. The second kappa shape index (κ2) is 10.3. The number of carbonyl (C=O) groups is 2. The van der Waals surface area contributed by atoms with Gasteiger partial charge in [0.2, 0.25) is 11.8 Å². The van der Waals surface area contributed by atoms with Crippen molar-refractivity contribution in [3.05, 3.63) is 24.3 Å². The number of hydrogen-bond acceptors (Lipinski definition) is 4. The highest BCUT2D eigenvalue weighted by molar-refractivity contribution is 5.97. The molecule has 1 aromatic carbocycles. The largest absolute Gasteiger partial charge is 0.490 e. The molecule has 1 saturated carbocycles. The van der Waals surface area contributed by atoms with E-state index in [9.17, 15) is 9.59 Å². The fourth-order valence-corrected chi connectivity index (χ4v) is 5.08. The Hall–Kier alpha value is -2.08. The quantitative estimate of drug-likeness (QED) is 0.777. The first-order valence-electron chi connectivity index (χ1n) is 11.7. The molecule has 0 spiro atoms. The maximum atomic E-state index is 12.7. The second-order valence-corrected chi connectivity index (χ2v) is 9.01. The number of nitrogens with one attached hydrogen (secondary N) is 1. The Balaban J connectivity index is 1.16. The fourth-order valence-electron chi connectivity index (χ4n) is 5.08. The van der Waals surface area contributed by atoms with E-state index >= 15 is 0 Å². The minimum Gasteiger partial charge on any atom is -0.490 e. The molecule has 2 amide bonds. The molecule has 2 heterocycles. The summed E-state index contributed by atoms with van der Waals surface area (Å²) in [4.78, 5) is 29.4. The summed E-state index contributed by atoms with van der Waals surface area (Å²) in [6.45, 7) is 4.41. The van der Waals surface area contributed by atoms with Crippen LogP contribution in [0.25, 0.3) is 0 Å². The zero-order chi connectivity index (χ0) is 20.8. The van der Waals surface area contributed by atoms with Crippen molar-refractivity contribution in [3.63, 3.8) is 0 Å². The SMILES string of the molecule is O=C(CCC(=O)N1CCOc2ccccc21)NC1CCN(CC2CCCCC2)CC1. The lowest BCUT2D eigenvalue weighted by molar-refractivity contribution is -0.126. The van der Waals surface area contributed by atoms with E-state index < -0.39 is 0 Å². The smallest absolute Gasteiger partial charge is 0.227 e. The van der Waals surface area contributed by atoms with E-state index in [2.05, 4.69) is 10.2 Å². The van der Waals surface area contributed by atoms with Crippen molar-refractivity contribution in [2.75, 3.05) is 37.7 Å². The minimum atomic E-state index is -0.0109. The van der Waals surface area contributed by atoms with Gasteiger partial charge in [-0.2, -0.15) is 0 Å². The van der Waals surface area contributed by atoms with Gasteiger partial charge in [0.05, 0.1) is 12.2 Å². The van der Waals surface area contributed by atoms with Crippen molar-refractivity contribution in [1.82, 2.24) is 10.2 Å². The van der Waals surface area contributed by atoms with E-state index in [1.54, 1.807) is 4.90 Å². The molecule has 0 bridgehead atoms. The average Bonchev–Trinajstić information content (AvgIpc) is 2.79. The first kappa shape index (κ1) is 21.2. The fraction of sp³-hybridized carbons (Fsp3) is 0.667. The van der Waals surface area contributed by atoms with E-state index in [0.717, 1.165) is 43.3 Å².